The lowest BCUT2D eigenvalue weighted by Gasteiger charge is -2.26. The third-order valence-electron chi connectivity index (χ3n) is 3.33. The van der Waals surface area contributed by atoms with Crippen LogP contribution in [0.25, 0.3) is 0 Å². The van der Waals surface area contributed by atoms with Gasteiger partial charge in [0, 0.05) is 0 Å². The Kier molecular flexibility index (Phi) is 1.19. The predicted molar refractivity (Wildman–Crippen MR) is 43.3 cm³/mol. The van der Waals surface area contributed by atoms with Crippen LogP contribution in [0.5, 0.6) is 0 Å². The van der Waals surface area contributed by atoms with Crippen LogP contribution in [0.4, 0.5) is 0 Å². The van der Waals surface area contributed by atoms with Crippen molar-refractivity contribution in [1.82, 2.24) is 0 Å². The summed E-state index contributed by atoms with van der Waals surface area (Å²) in [7, 11) is 0. The summed E-state index contributed by atoms with van der Waals surface area (Å²) in [6.45, 7) is 0. The number of ether oxygens (including phenoxy) is 1. The molecule has 0 aromatic heterocycles. The van der Waals surface area contributed by atoms with E-state index in [-0.39, 0.29) is 0 Å². The molecular formula is C10H14O. The molecule has 3 unspecified atom stereocenters. The highest BCUT2D eigenvalue weighted by atomic mass is 16.6. The van der Waals surface area contributed by atoms with E-state index >= 15 is 0 Å². The molecule has 3 atom stereocenters. The third kappa shape index (κ3) is 0.943. The Hall–Kier alpha value is -0.300. The fraction of sp³-hybridized carbons (Fsp3) is 0.800. The number of rotatable bonds is 0. The van der Waals surface area contributed by atoms with Gasteiger partial charge in [-0.3, -0.25) is 0 Å². The lowest BCUT2D eigenvalue weighted by atomic mass is 9.78. The molecule has 0 radical (unpaired) electrons. The number of hydrogen-bond acceptors (Lipinski definition) is 1. The Morgan fingerprint density at radius 1 is 1.36 bits per heavy atom. The summed E-state index contributed by atoms with van der Waals surface area (Å²) in [6, 6.07) is 0. The van der Waals surface area contributed by atoms with Crippen LogP contribution in [0.1, 0.15) is 32.1 Å². The minimum absolute atomic E-state index is 0.635. The third-order valence-corrected chi connectivity index (χ3v) is 3.33. The number of allylic oxidation sites excluding steroid dienone is 1. The van der Waals surface area contributed by atoms with Gasteiger partial charge >= 0.3 is 0 Å². The Labute approximate surface area is 67.4 Å². The van der Waals surface area contributed by atoms with Crippen LogP contribution in [-0.2, 0) is 4.74 Å². The zero-order chi connectivity index (χ0) is 7.26. The van der Waals surface area contributed by atoms with Crippen molar-refractivity contribution < 1.29 is 4.74 Å². The monoisotopic (exact) mass is 150 g/mol. The van der Waals surface area contributed by atoms with E-state index in [1.807, 2.05) is 0 Å². The maximum atomic E-state index is 5.53. The van der Waals surface area contributed by atoms with Crippen LogP contribution in [-0.4, -0.2) is 12.2 Å². The minimum Gasteiger partial charge on any atom is -0.369 e. The molecule has 1 saturated carbocycles. The van der Waals surface area contributed by atoms with Crippen molar-refractivity contribution in [2.24, 2.45) is 5.92 Å². The van der Waals surface area contributed by atoms with Crippen LogP contribution < -0.4 is 0 Å². The van der Waals surface area contributed by atoms with Gasteiger partial charge in [0.05, 0.1) is 12.2 Å². The van der Waals surface area contributed by atoms with E-state index in [0.717, 1.165) is 5.92 Å². The van der Waals surface area contributed by atoms with E-state index in [4.69, 9.17) is 4.74 Å². The van der Waals surface area contributed by atoms with E-state index < -0.39 is 0 Å². The summed E-state index contributed by atoms with van der Waals surface area (Å²) in [5.41, 5.74) is 1.72. The van der Waals surface area contributed by atoms with Gasteiger partial charge in [-0.15, -0.1) is 0 Å². The van der Waals surface area contributed by atoms with Gasteiger partial charge in [-0.2, -0.15) is 0 Å². The summed E-state index contributed by atoms with van der Waals surface area (Å²) in [5, 5.41) is 0. The van der Waals surface area contributed by atoms with Gasteiger partial charge in [-0.25, -0.2) is 0 Å². The van der Waals surface area contributed by atoms with Gasteiger partial charge in [0.2, 0.25) is 0 Å². The molecule has 2 aliphatic carbocycles. The largest absolute Gasteiger partial charge is 0.369 e. The molecule has 0 amide bonds. The van der Waals surface area contributed by atoms with Crippen molar-refractivity contribution >= 4 is 0 Å². The molecule has 3 aliphatic rings. The van der Waals surface area contributed by atoms with Gasteiger partial charge in [0.25, 0.3) is 0 Å². The molecule has 0 spiro atoms. The first kappa shape index (κ1) is 6.24. The zero-order valence-corrected chi connectivity index (χ0v) is 6.75. The van der Waals surface area contributed by atoms with Gasteiger partial charge < -0.3 is 4.74 Å². The fourth-order valence-corrected chi connectivity index (χ4v) is 2.60. The molecule has 11 heavy (non-hydrogen) atoms. The molecule has 2 fully saturated rings. The van der Waals surface area contributed by atoms with E-state index in [0.29, 0.717) is 12.2 Å². The van der Waals surface area contributed by atoms with Gasteiger partial charge in [-0.1, -0.05) is 11.6 Å². The summed E-state index contributed by atoms with van der Waals surface area (Å²) in [6.07, 6.45) is 10.5. The summed E-state index contributed by atoms with van der Waals surface area (Å²) in [4.78, 5) is 0. The molecule has 0 aromatic rings. The Bertz CT molecular complexity index is 207. The molecule has 1 saturated heterocycles. The van der Waals surface area contributed by atoms with Gasteiger partial charge in [0.1, 0.15) is 0 Å². The summed E-state index contributed by atoms with van der Waals surface area (Å²) < 4.78 is 5.53. The maximum absolute atomic E-state index is 5.53. The molecule has 1 nitrogen and oxygen atoms in total. The van der Waals surface area contributed by atoms with Crippen molar-refractivity contribution in [3.8, 4) is 0 Å². The van der Waals surface area contributed by atoms with E-state index in [2.05, 4.69) is 6.08 Å². The van der Waals surface area contributed by atoms with Gasteiger partial charge in [0.15, 0.2) is 0 Å². The Morgan fingerprint density at radius 3 is 3.36 bits per heavy atom. The highest BCUT2D eigenvalue weighted by Crippen LogP contribution is 2.45. The van der Waals surface area contributed by atoms with Crippen LogP contribution in [0.2, 0.25) is 0 Å². The molecule has 1 heteroatoms. The summed E-state index contributed by atoms with van der Waals surface area (Å²) in [5.74, 6) is 0.910. The van der Waals surface area contributed by atoms with Crippen LogP contribution in [0.3, 0.4) is 0 Å². The van der Waals surface area contributed by atoms with E-state index in [1.54, 1.807) is 5.57 Å². The Balaban J connectivity index is 1.84. The van der Waals surface area contributed by atoms with Crippen molar-refractivity contribution in [3.05, 3.63) is 11.6 Å². The topological polar surface area (TPSA) is 12.5 Å². The molecule has 3 rings (SSSR count). The molecule has 0 bridgehead atoms. The highest BCUT2D eigenvalue weighted by molar-refractivity contribution is 5.18. The standard InChI is InChI=1S/C10H14O/c1-2-4-8-6-10-9(11-10)5-7(8)3-1/h3,8-10H,1-2,4-6H2. The molecule has 1 aliphatic heterocycles. The molecular weight excluding hydrogens is 136 g/mol. The Morgan fingerprint density at radius 2 is 2.36 bits per heavy atom. The molecule has 60 valence electrons. The van der Waals surface area contributed by atoms with Crippen LogP contribution in [0, 0.1) is 5.92 Å². The predicted octanol–water partition coefficient (Wildman–Crippen LogP) is 2.27. The van der Waals surface area contributed by atoms with E-state index in [9.17, 15) is 0 Å². The second kappa shape index (κ2) is 2.10. The molecule has 0 N–H and O–H groups in total. The fourth-order valence-electron chi connectivity index (χ4n) is 2.60. The molecule has 1 heterocycles. The average molecular weight is 150 g/mol. The van der Waals surface area contributed by atoms with Crippen LogP contribution in [0.15, 0.2) is 11.6 Å². The lowest BCUT2D eigenvalue weighted by molar-refractivity contribution is 0.359. The van der Waals surface area contributed by atoms with Crippen molar-refractivity contribution in [2.75, 3.05) is 0 Å². The molecule has 0 aromatic carbocycles. The average Bonchev–Trinajstić information content (AvgIpc) is 2.77. The number of hydrogen-bond donors (Lipinski definition) is 0. The second-order valence-corrected chi connectivity index (χ2v) is 4.06. The smallest absolute Gasteiger partial charge is 0.0879 e. The van der Waals surface area contributed by atoms with Crippen LogP contribution >= 0.6 is 0 Å². The first-order valence-electron chi connectivity index (χ1n) is 4.78. The van der Waals surface area contributed by atoms with Crippen molar-refractivity contribution in [1.29, 1.82) is 0 Å². The van der Waals surface area contributed by atoms with Crippen molar-refractivity contribution in [3.63, 3.8) is 0 Å². The minimum atomic E-state index is 0.635. The maximum Gasteiger partial charge on any atom is 0.0879 e. The SMILES string of the molecule is C1=C2CC3OC3CC2CCC1. The quantitative estimate of drug-likeness (QED) is 0.381. The highest BCUT2D eigenvalue weighted by Gasteiger charge is 2.45. The first-order valence-corrected chi connectivity index (χ1v) is 4.78. The number of epoxide rings is 1. The summed E-state index contributed by atoms with van der Waals surface area (Å²) >= 11 is 0. The second-order valence-electron chi connectivity index (χ2n) is 4.06. The zero-order valence-electron chi connectivity index (χ0n) is 6.75. The van der Waals surface area contributed by atoms with Crippen molar-refractivity contribution in [2.45, 2.75) is 44.3 Å². The normalized spacial score (nSPS) is 47.3. The lowest BCUT2D eigenvalue weighted by Crippen LogP contribution is -2.18. The number of fused-ring (bicyclic) bond motifs is 2. The first-order chi connectivity index (χ1) is 5.43. The van der Waals surface area contributed by atoms with E-state index in [1.165, 1.54) is 32.1 Å². The van der Waals surface area contributed by atoms with Gasteiger partial charge in [-0.05, 0) is 38.0 Å².